The molecule has 0 aromatic carbocycles. The van der Waals surface area contributed by atoms with Gasteiger partial charge >= 0.3 is 0 Å². The third-order valence-electron chi connectivity index (χ3n) is 3.69. The average Bonchev–Trinajstić information content (AvgIpc) is 2.86. The van der Waals surface area contributed by atoms with E-state index in [1.807, 2.05) is 11.8 Å². The number of amides is 1. The first kappa shape index (κ1) is 15.4. The van der Waals surface area contributed by atoms with Crippen LogP contribution in [0.25, 0.3) is 0 Å². The molecule has 106 valence electrons. The quantitative estimate of drug-likeness (QED) is 0.723. The van der Waals surface area contributed by atoms with Crippen LogP contribution in [0.15, 0.2) is 0 Å². The minimum absolute atomic E-state index is 0.100. The molecule has 1 aliphatic rings. The minimum Gasteiger partial charge on any atom is -0.396 e. The molecular formula is C14H28N2O2. The molecule has 1 amide bonds. The third kappa shape index (κ3) is 4.94. The Kier molecular flexibility index (Phi) is 6.09. The van der Waals surface area contributed by atoms with E-state index in [-0.39, 0.29) is 24.0 Å². The van der Waals surface area contributed by atoms with E-state index in [2.05, 4.69) is 19.2 Å². The Morgan fingerprint density at radius 2 is 2.00 bits per heavy atom. The van der Waals surface area contributed by atoms with Crippen molar-refractivity contribution in [3.63, 3.8) is 0 Å². The third-order valence-corrected chi connectivity index (χ3v) is 3.69. The van der Waals surface area contributed by atoms with Crippen LogP contribution in [0.1, 0.15) is 46.5 Å². The number of carbonyl (C=O) groups excluding carboxylic acids is 1. The fourth-order valence-corrected chi connectivity index (χ4v) is 2.37. The van der Waals surface area contributed by atoms with Gasteiger partial charge in [0.2, 0.25) is 5.91 Å². The van der Waals surface area contributed by atoms with Crippen LogP contribution in [-0.4, -0.2) is 48.2 Å². The molecule has 1 rings (SSSR count). The van der Waals surface area contributed by atoms with Gasteiger partial charge in [0.15, 0.2) is 0 Å². The Labute approximate surface area is 111 Å². The smallest absolute Gasteiger partial charge is 0.239 e. The summed E-state index contributed by atoms with van der Waals surface area (Å²) in [5, 5.41) is 12.2. The Bertz CT molecular complexity index is 261. The number of aliphatic hydroxyl groups excluding tert-OH is 1. The number of hydrogen-bond acceptors (Lipinski definition) is 3. The lowest BCUT2D eigenvalue weighted by atomic mass is 9.87. The highest BCUT2D eigenvalue weighted by molar-refractivity contribution is 5.81. The molecule has 0 spiro atoms. The van der Waals surface area contributed by atoms with Crippen molar-refractivity contribution < 1.29 is 9.90 Å². The summed E-state index contributed by atoms with van der Waals surface area (Å²) in [5.41, 5.74) is 0.127. The maximum atomic E-state index is 12.1. The molecular weight excluding hydrogens is 228 g/mol. The fourth-order valence-electron chi connectivity index (χ4n) is 2.37. The number of likely N-dealkylation sites (tertiary alicyclic amines) is 1. The van der Waals surface area contributed by atoms with Gasteiger partial charge in [0.25, 0.3) is 0 Å². The Morgan fingerprint density at radius 3 is 2.56 bits per heavy atom. The first-order valence-corrected chi connectivity index (χ1v) is 7.09. The van der Waals surface area contributed by atoms with Crippen LogP contribution in [-0.2, 0) is 4.79 Å². The Balaban J connectivity index is 2.30. The van der Waals surface area contributed by atoms with Crippen LogP contribution in [0, 0.1) is 5.41 Å². The topological polar surface area (TPSA) is 52.6 Å². The monoisotopic (exact) mass is 256 g/mol. The molecule has 0 aromatic rings. The van der Waals surface area contributed by atoms with Crippen molar-refractivity contribution in [2.24, 2.45) is 5.41 Å². The Morgan fingerprint density at radius 1 is 1.39 bits per heavy atom. The van der Waals surface area contributed by atoms with Gasteiger partial charge in [0.05, 0.1) is 6.04 Å². The summed E-state index contributed by atoms with van der Waals surface area (Å²) >= 11 is 0. The van der Waals surface area contributed by atoms with E-state index in [4.69, 9.17) is 5.11 Å². The van der Waals surface area contributed by atoms with Crippen LogP contribution < -0.4 is 5.32 Å². The normalized spacial score (nSPS) is 18.1. The van der Waals surface area contributed by atoms with Crippen molar-refractivity contribution in [1.82, 2.24) is 10.2 Å². The lowest BCUT2D eigenvalue weighted by Gasteiger charge is -2.28. The Hall–Kier alpha value is -0.610. The van der Waals surface area contributed by atoms with E-state index in [1.54, 1.807) is 0 Å². The molecule has 4 nitrogen and oxygen atoms in total. The molecule has 0 aliphatic carbocycles. The maximum absolute atomic E-state index is 12.1. The molecule has 1 fully saturated rings. The maximum Gasteiger partial charge on any atom is 0.239 e. The second kappa shape index (κ2) is 7.10. The first-order chi connectivity index (χ1) is 8.46. The molecule has 0 aromatic heterocycles. The minimum atomic E-state index is -0.100. The van der Waals surface area contributed by atoms with Gasteiger partial charge in [-0.1, -0.05) is 13.8 Å². The molecule has 18 heavy (non-hydrogen) atoms. The molecule has 0 radical (unpaired) electrons. The van der Waals surface area contributed by atoms with Crippen molar-refractivity contribution in [2.45, 2.75) is 52.5 Å². The van der Waals surface area contributed by atoms with E-state index in [0.717, 1.165) is 45.3 Å². The highest BCUT2D eigenvalue weighted by Crippen LogP contribution is 2.21. The van der Waals surface area contributed by atoms with Gasteiger partial charge in [-0.3, -0.25) is 4.79 Å². The molecule has 1 saturated heterocycles. The van der Waals surface area contributed by atoms with Crippen molar-refractivity contribution in [2.75, 3.05) is 26.2 Å². The van der Waals surface area contributed by atoms with Gasteiger partial charge in [-0.05, 0) is 38.0 Å². The van der Waals surface area contributed by atoms with Gasteiger partial charge in [-0.25, -0.2) is 0 Å². The van der Waals surface area contributed by atoms with E-state index in [9.17, 15) is 4.79 Å². The standard InChI is InChI=1S/C14H28N2O2/c1-12(13(18)16-8-4-5-9-16)15-11-14(2,3)7-6-10-17/h12,15,17H,4-11H2,1-3H3. The SMILES string of the molecule is CC(NCC(C)(C)CCCO)C(=O)N1CCCC1. The molecule has 4 heteroatoms. The summed E-state index contributed by atoms with van der Waals surface area (Å²) in [5.74, 6) is 0.227. The number of nitrogens with one attached hydrogen (secondary N) is 1. The predicted molar refractivity (Wildman–Crippen MR) is 73.4 cm³/mol. The van der Waals surface area contributed by atoms with Gasteiger partial charge in [-0.15, -0.1) is 0 Å². The summed E-state index contributed by atoms with van der Waals surface area (Å²) < 4.78 is 0. The number of carbonyl (C=O) groups is 1. The molecule has 1 unspecified atom stereocenters. The van der Waals surface area contributed by atoms with Crippen LogP contribution in [0.4, 0.5) is 0 Å². The van der Waals surface area contributed by atoms with Crippen molar-refractivity contribution in [3.05, 3.63) is 0 Å². The highest BCUT2D eigenvalue weighted by Gasteiger charge is 2.25. The van der Waals surface area contributed by atoms with Crippen LogP contribution >= 0.6 is 0 Å². The predicted octanol–water partition coefficient (Wildman–Crippen LogP) is 1.39. The van der Waals surface area contributed by atoms with E-state index < -0.39 is 0 Å². The van der Waals surface area contributed by atoms with Crippen LogP contribution in [0.2, 0.25) is 0 Å². The summed E-state index contributed by atoms with van der Waals surface area (Å²) in [6, 6.07) is -0.100. The zero-order valence-electron chi connectivity index (χ0n) is 12.0. The van der Waals surface area contributed by atoms with E-state index >= 15 is 0 Å². The lowest BCUT2D eigenvalue weighted by Crippen LogP contribution is -2.46. The van der Waals surface area contributed by atoms with Crippen molar-refractivity contribution in [3.8, 4) is 0 Å². The summed E-state index contributed by atoms with van der Waals surface area (Å²) in [6.07, 6.45) is 4.07. The summed E-state index contributed by atoms with van der Waals surface area (Å²) in [4.78, 5) is 14.1. The second-order valence-corrected chi connectivity index (χ2v) is 6.13. The van der Waals surface area contributed by atoms with Gasteiger partial charge in [0, 0.05) is 26.2 Å². The summed E-state index contributed by atoms with van der Waals surface area (Å²) in [7, 11) is 0. The molecule has 2 N–H and O–H groups in total. The van der Waals surface area contributed by atoms with Gasteiger partial charge in [0.1, 0.15) is 0 Å². The molecule has 0 bridgehead atoms. The number of aliphatic hydroxyl groups is 1. The van der Waals surface area contributed by atoms with Crippen molar-refractivity contribution >= 4 is 5.91 Å². The second-order valence-electron chi connectivity index (χ2n) is 6.13. The highest BCUT2D eigenvalue weighted by atomic mass is 16.2. The van der Waals surface area contributed by atoms with E-state index in [0.29, 0.717) is 0 Å². The van der Waals surface area contributed by atoms with Crippen LogP contribution in [0.5, 0.6) is 0 Å². The fraction of sp³-hybridized carbons (Fsp3) is 0.929. The largest absolute Gasteiger partial charge is 0.396 e. The molecule has 1 aliphatic heterocycles. The lowest BCUT2D eigenvalue weighted by molar-refractivity contribution is -0.132. The van der Waals surface area contributed by atoms with Gasteiger partial charge in [-0.2, -0.15) is 0 Å². The zero-order valence-corrected chi connectivity index (χ0v) is 12.0. The summed E-state index contributed by atoms with van der Waals surface area (Å²) in [6.45, 7) is 9.17. The van der Waals surface area contributed by atoms with Gasteiger partial charge < -0.3 is 15.3 Å². The van der Waals surface area contributed by atoms with Crippen LogP contribution in [0.3, 0.4) is 0 Å². The number of rotatable bonds is 7. The van der Waals surface area contributed by atoms with E-state index in [1.165, 1.54) is 0 Å². The number of nitrogens with zero attached hydrogens (tertiary/aromatic N) is 1. The first-order valence-electron chi connectivity index (χ1n) is 7.09. The zero-order chi connectivity index (χ0) is 13.6. The van der Waals surface area contributed by atoms with Crippen molar-refractivity contribution in [1.29, 1.82) is 0 Å². The molecule has 1 atom stereocenters. The number of hydrogen-bond donors (Lipinski definition) is 2. The molecule has 1 heterocycles. The molecule has 0 saturated carbocycles. The average molecular weight is 256 g/mol.